The number of methoxy groups -OCH3 is 1. The minimum Gasteiger partial charge on any atom is -0.383 e. The van der Waals surface area contributed by atoms with Gasteiger partial charge in [-0.1, -0.05) is 48.5 Å². The number of nitrogens with zero attached hydrogens (tertiary/aromatic N) is 2. The second-order valence-corrected chi connectivity index (χ2v) is 11.8. The van der Waals surface area contributed by atoms with Crippen molar-refractivity contribution in [3.8, 4) is 11.1 Å². The number of halogens is 1. The molecule has 0 aromatic heterocycles. The molecule has 2 aromatic carbocycles. The molecular weight excluding hydrogens is 469 g/mol. The number of carbonyl (C=O) groups excluding carboxylic acids is 1. The predicted octanol–water partition coefficient (Wildman–Crippen LogP) is 3.50. The van der Waals surface area contributed by atoms with E-state index in [4.69, 9.17) is 4.74 Å². The van der Waals surface area contributed by atoms with Gasteiger partial charge in [0.1, 0.15) is 5.82 Å². The van der Waals surface area contributed by atoms with Crippen molar-refractivity contribution < 1.29 is 22.3 Å². The number of urea groups is 1. The molecule has 35 heavy (non-hydrogen) atoms. The van der Waals surface area contributed by atoms with E-state index < -0.39 is 22.1 Å². The van der Waals surface area contributed by atoms with E-state index in [1.54, 1.807) is 42.2 Å². The van der Waals surface area contributed by atoms with Gasteiger partial charge in [-0.15, -0.1) is 0 Å². The van der Waals surface area contributed by atoms with Crippen molar-refractivity contribution in [3.63, 3.8) is 0 Å². The van der Waals surface area contributed by atoms with Gasteiger partial charge in [-0.25, -0.2) is 22.3 Å². The molecule has 1 saturated carbocycles. The fraction of sp³-hybridized carbons (Fsp3) is 0.500. The standard InChI is InChI=1S/C26H34FN3O4S/c1-18(16-34-3)29(2)25(31)30-17-26(13-14-26)24(28-35(4,32)33)22(30)15-20-11-8-12-21(23(20)27)19-9-6-5-7-10-19/h5-12,18,22,24,28H,13-17H2,1-4H3/t18?,22-,24+/m0/s1. The molecule has 2 aromatic rings. The molecule has 1 spiro atoms. The lowest BCUT2D eigenvalue weighted by Gasteiger charge is -2.34. The van der Waals surface area contributed by atoms with Crippen LogP contribution in [0.1, 0.15) is 25.3 Å². The lowest BCUT2D eigenvalue weighted by atomic mass is 9.91. The number of carbonyl (C=O) groups is 1. The van der Waals surface area contributed by atoms with Crippen LogP contribution in [-0.2, 0) is 21.2 Å². The van der Waals surface area contributed by atoms with Gasteiger partial charge < -0.3 is 14.5 Å². The van der Waals surface area contributed by atoms with E-state index in [1.807, 2.05) is 37.3 Å². The molecule has 2 amide bonds. The Labute approximate surface area is 207 Å². The molecule has 3 atom stereocenters. The molecule has 1 saturated heterocycles. The summed E-state index contributed by atoms with van der Waals surface area (Å²) < 4.78 is 48.3. The number of likely N-dealkylation sites (tertiary alicyclic amines) is 1. The molecule has 1 unspecified atom stereocenters. The molecule has 1 aliphatic carbocycles. The van der Waals surface area contributed by atoms with Crippen LogP contribution < -0.4 is 4.72 Å². The minimum atomic E-state index is -3.53. The van der Waals surface area contributed by atoms with E-state index in [1.165, 1.54) is 0 Å². The van der Waals surface area contributed by atoms with Crippen LogP contribution in [0.15, 0.2) is 48.5 Å². The Balaban J connectivity index is 1.70. The van der Waals surface area contributed by atoms with Crippen LogP contribution >= 0.6 is 0 Å². The first-order chi connectivity index (χ1) is 16.6. The van der Waals surface area contributed by atoms with E-state index in [-0.39, 0.29) is 29.7 Å². The largest absolute Gasteiger partial charge is 0.383 e. The van der Waals surface area contributed by atoms with E-state index in [0.717, 1.165) is 24.7 Å². The fourth-order valence-electron chi connectivity index (χ4n) is 5.19. The third-order valence-corrected chi connectivity index (χ3v) is 8.05. The Morgan fingerprint density at radius 2 is 1.91 bits per heavy atom. The highest BCUT2D eigenvalue weighted by Gasteiger charge is 2.61. The number of nitrogens with one attached hydrogen (secondary N) is 1. The second kappa shape index (κ2) is 9.87. The van der Waals surface area contributed by atoms with Gasteiger partial charge in [-0.2, -0.15) is 0 Å². The van der Waals surface area contributed by atoms with Gasteiger partial charge in [0.25, 0.3) is 0 Å². The smallest absolute Gasteiger partial charge is 0.320 e. The number of ether oxygens (including phenoxy) is 1. The van der Waals surface area contributed by atoms with Crippen molar-refractivity contribution in [2.75, 3.05) is 33.6 Å². The van der Waals surface area contributed by atoms with Crippen LogP contribution in [0.3, 0.4) is 0 Å². The summed E-state index contributed by atoms with van der Waals surface area (Å²) in [4.78, 5) is 16.9. The predicted molar refractivity (Wildman–Crippen MR) is 134 cm³/mol. The maximum atomic E-state index is 15.7. The van der Waals surface area contributed by atoms with Crippen molar-refractivity contribution in [3.05, 3.63) is 59.9 Å². The van der Waals surface area contributed by atoms with Gasteiger partial charge in [0.05, 0.1) is 24.9 Å². The first-order valence-corrected chi connectivity index (χ1v) is 13.8. The number of amides is 2. The molecule has 1 heterocycles. The number of rotatable bonds is 8. The average molecular weight is 504 g/mol. The molecule has 1 N–H and O–H groups in total. The maximum absolute atomic E-state index is 15.7. The summed E-state index contributed by atoms with van der Waals surface area (Å²) in [6, 6.07) is 13.2. The van der Waals surface area contributed by atoms with Crippen molar-refractivity contribution in [2.45, 2.75) is 44.3 Å². The summed E-state index contributed by atoms with van der Waals surface area (Å²) in [6.07, 6.45) is 2.99. The number of likely N-dealkylation sites (N-methyl/N-ethyl adjacent to an activating group) is 1. The number of sulfonamides is 1. The quantitative estimate of drug-likeness (QED) is 0.598. The van der Waals surface area contributed by atoms with Gasteiger partial charge in [-0.3, -0.25) is 0 Å². The summed E-state index contributed by atoms with van der Waals surface area (Å²) in [7, 11) is -0.231. The van der Waals surface area contributed by atoms with Gasteiger partial charge in [0, 0.05) is 37.7 Å². The van der Waals surface area contributed by atoms with Crippen LogP contribution in [0, 0.1) is 11.2 Å². The van der Waals surface area contributed by atoms with Crippen molar-refractivity contribution in [1.29, 1.82) is 0 Å². The lowest BCUT2D eigenvalue weighted by Crippen LogP contribution is -2.53. The molecule has 7 nitrogen and oxygen atoms in total. The zero-order valence-electron chi connectivity index (χ0n) is 20.7. The molecule has 9 heteroatoms. The Bertz CT molecular complexity index is 1170. The monoisotopic (exact) mass is 503 g/mol. The summed E-state index contributed by atoms with van der Waals surface area (Å²) in [5.74, 6) is -0.345. The Hall–Kier alpha value is -2.49. The fourth-order valence-corrected chi connectivity index (χ4v) is 6.06. The Kier molecular flexibility index (Phi) is 7.22. The molecule has 4 rings (SSSR count). The first kappa shape index (κ1) is 25.6. The molecule has 1 aliphatic heterocycles. The molecule has 0 bridgehead atoms. The molecule has 2 fully saturated rings. The van der Waals surface area contributed by atoms with Gasteiger partial charge in [-0.05, 0) is 37.3 Å². The summed E-state index contributed by atoms with van der Waals surface area (Å²) in [5, 5.41) is 0. The number of benzene rings is 2. The third kappa shape index (κ3) is 5.37. The highest BCUT2D eigenvalue weighted by atomic mass is 32.2. The normalized spacial score (nSPS) is 21.8. The van der Waals surface area contributed by atoms with Crippen LogP contribution in [0.2, 0.25) is 0 Å². The van der Waals surface area contributed by atoms with E-state index in [2.05, 4.69) is 4.72 Å². The summed E-state index contributed by atoms with van der Waals surface area (Å²) in [5.41, 5.74) is 1.39. The summed E-state index contributed by atoms with van der Waals surface area (Å²) in [6.45, 7) is 2.72. The van der Waals surface area contributed by atoms with Crippen LogP contribution in [0.4, 0.5) is 9.18 Å². The van der Waals surface area contributed by atoms with E-state index in [9.17, 15) is 13.2 Å². The van der Waals surface area contributed by atoms with Crippen molar-refractivity contribution in [1.82, 2.24) is 14.5 Å². The highest BCUT2D eigenvalue weighted by molar-refractivity contribution is 7.88. The first-order valence-electron chi connectivity index (χ1n) is 11.9. The summed E-state index contributed by atoms with van der Waals surface area (Å²) >= 11 is 0. The average Bonchev–Trinajstić information content (AvgIpc) is 3.55. The number of hydrogen-bond donors (Lipinski definition) is 1. The maximum Gasteiger partial charge on any atom is 0.320 e. The second-order valence-electron chi connectivity index (χ2n) is 9.97. The minimum absolute atomic E-state index is 0.164. The van der Waals surface area contributed by atoms with Gasteiger partial charge in [0.15, 0.2) is 0 Å². The Morgan fingerprint density at radius 3 is 2.51 bits per heavy atom. The van der Waals surface area contributed by atoms with Gasteiger partial charge >= 0.3 is 6.03 Å². The van der Waals surface area contributed by atoms with Crippen molar-refractivity contribution in [2.24, 2.45) is 5.41 Å². The van der Waals surface area contributed by atoms with E-state index >= 15 is 4.39 Å². The lowest BCUT2D eigenvalue weighted by molar-refractivity contribution is 0.101. The zero-order chi connectivity index (χ0) is 25.4. The van der Waals surface area contributed by atoms with Crippen LogP contribution in [-0.4, -0.2) is 75.9 Å². The SMILES string of the molecule is COCC(C)N(C)C(=O)N1CC2(CC2)[C@H](NS(C)(=O)=O)[C@@H]1Cc1cccc(-c2ccccc2)c1F. The van der Waals surface area contributed by atoms with E-state index in [0.29, 0.717) is 24.3 Å². The molecular formula is C26H34FN3O4S. The molecule has 0 radical (unpaired) electrons. The zero-order valence-corrected chi connectivity index (χ0v) is 21.5. The Morgan fingerprint density at radius 1 is 1.23 bits per heavy atom. The third-order valence-electron chi connectivity index (χ3n) is 7.37. The van der Waals surface area contributed by atoms with Crippen LogP contribution in [0.5, 0.6) is 0 Å². The van der Waals surface area contributed by atoms with Crippen LogP contribution in [0.25, 0.3) is 11.1 Å². The van der Waals surface area contributed by atoms with Gasteiger partial charge in [0.2, 0.25) is 10.0 Å². The molecule has 2 aliphatic rings. The topological polar surface area (TPSA) is 79.0 Å². The molecule has 190 valence electrons. The highest BCUT2D eigenvalue weighted by Crippen LogP contribution is 2.55. The number of hydrogen-bond acceptors (Lipinski definition) is 4. The van der Waals surface area contributed by atoms with Crippen molar-refractivity contribution >= 4 is 16.1 Å².